The van der Waals surface area contributed by atoms with Gasteiger partial charge in [0.25, 0.3) is 5.91 Å². The van der Waals surface area contributed by atoms with Crippen LogP contribution in [0.1, 0.15) is 24.8 Å². The minimum Gasteiger partial charge on any atom is -0.481 e. The highest BCUT2D eigenvalue weighted by molar-refractivity contribution is 5.85. The molecule has 0 radical (unpaired) electrons. The molecule has 0 bridgehead atoms. The number of hydrogen-bond donors (Lipinski definition) is 1. The first-order valence-electron chi connectivity index (χ1n) is 7.88. The third kappa shape index (κ3) is 3.02. The van der Waals surface area contributed by atoms with Crippen molar-refractivity contribution in [2.75, 3.05) is 13.2 Å². The highest BCUT2D eigenvalue weighted by Gasteiger charge is 2.49. The second-order valence-corrected chi connectivity index (χ2v) is 6.41. The SMILES string of the molecule is Cc1ccc(F)c(OCC(=O)N2C[C@@H]3CCC[C@@H]3[C@@H]2C(=O)O)c1. The lowest BCUT2D eigenvalue weighted by atomic mass is 9.94. The molecule has 124 valence electrons. The third-order valence-corrected chi connectivity index (χ3v) is 4.90. The molecule has 2 aliphatic rings. The van der Waals surface area contributed by atoms with E-state index in [4.69, 9.17) is 4.74 Å². The van der Waals surface area contributed by atoms with Crippen LogP contribution < -0.4 is 4.74 Å². The molecule has 5 nitrogen and oxygen atoms in total. The van der Waals surface area contributed by atoms with Crippen LogP contribution in [0.4, 0.5) is 4.39 Å². The molecule has 0 spiro atoms. The summed E-state index contributed by atoms with van der Waals surface area (Å²) in [6.45, 7) is 1.92. The predicted octanol–water partition coefficient (Wildman–Crippen LogP) is 2.22. The number of fused-ring (bicyclic) bond motifs is 1. The Balaban J connectivity index is 1.68. The second kappa shape index (κ2) is 6.18. The van der Waals surface area contributed by atoms with Gasteiger partial charge in [-0.1, -0.05) is 12.5 Å². The Morgan fingerprint density at radius 2 is 2.17 bits per heavy atom. The molecule has 3 rings (SSSR count). The number of nitrogens with zero attached hydrogens (tertiary/aromatic N) is 1. The summed E-state index contributed by atoms with van der Waals surface area (Å²) in [5, 5.41) is 9.45. The molecular formula is C17H20FNO4. The first-order chi connectivity index (χ1) is 11.0. The molecule has 1 N–H and O–H groups in total. The Morgan fingerprint density at radius 1 is 1.39 bits per heavy atom. The van der Waals surface area contributed by atoms with Crippen LogP contribution in [0.3, 0.4) is 0 Å². The molecule has 1 amide bonds. The molecule has 2 fully saturated rings. The van der Waals surface area contributed by atoms with Crippen LogP contribution in [0.2, 0.25) is 0 Å². The molecule has 0 unspecified atom stereocenters. The molecule has 6 heteroatoms. The maximum Gasteiger partial charge on any atom is 0.326 e. The van der Waals surface area contributed by atoms with Crippen molar-refractivity contribution in [3.63, 3.8) is 0 Å². The Hall–Kier alpha value is -2.11. The largest absolute Gasteiger partial charge is 0.481 e. The fourth-order valence-electron chi connectivity index (χ4n) is 3.82. The Kier molecular flexibility index (Phi) is 4.24. The molecule has 1 saturated carbocycles. The van der Waals surface area contributed by atoms with E-state index < -0.39 is 23.7 Å². The number of ether oxygens (including phenoxy) is 1. The highest BCUT2D eigenvalue weighted by atomic mass is 19.1. The number of halogens is 1. The van der Waals surface area contributed by atoms with Gasteiger partial charge in [-0.25, -0.2) is 9.18 Å². The van der Waals surface area contributed by atoms with Gasteiger partial charge in [0.2, 0.25) is 0 Å². The van der Waals surface area contributed by atoms with E-state index in [0.717, 1.165) is 24.8 Å². The number of likely N-dealkylation sites (tertiary alicyclic amines) is 1. The first-order valence-corrected chi connectivity index (χ1v) is 7.88. The summed E-state index contributed by atoms with van der Waals surface area (Å²) >= 11 is 0. The van der Waals surface area contributed by atoms with Gasteiger partial charge in [-0.3, -0.25) is 4.79 Å². The number of aliphatic carboxylic acids is 1. The maximum atomic E-state index is 13.6. The molecule has 23 heavy (non-hydrogen) atoms. The zero-order chi connectivity index (χ0) is 16.6. The van der Waals surface area contributed by atoms with Crippen molar-refractivity contribution < 1.29 is 23.8 Å². The third-order valence-electron chi connectivity index (χ3n) is 4.90. The lowest BCUT2D eigenvalue weighted by molar-refractivity contribution is -0.150. The van der Waals surface area contributed by atoms with Gasteiger partial charge in [-0.2, -0.15) is 0 Å². The van der Waals surface area contributed by atoms with E-state index in [2.05, 4.69) is 0 Å². The zero-order valence-electron chi connectivity index (χ0n) is 13.0. The molecule has 1 aromatic rings. The van der Waals surface area contributed by atoms with Crippen LogP contribution in [0.5, 0.6) is 5.75 Å². The maximum absolute atomic E-state index is 13.6. The molecule has 1 aromatic carbocycles. The Morgan fingerprint density at radius 3 is 2.91 bits per heavy atom. The minimum absolute atomic E-state index is 0.0182. The fraction of sp³-hybridized carbons (Fsp3) is 0.529. The number of benzene rings is 1. The van der Waals surface area contributed by atoms with Gasteiger partial charge < -0.3 is 14.7 Å². The van der Waals surface area contributed by atoms with E-state index in [9.17, 15) is 19.1 Å². The van der Waals surface area contributed by atoms with Crippen LogP contribution in [0, 0.1) is 24.6 Å². The minimum atomic E-state index is -0.963. The average molecular weight is 321 g/mol. The highest BCUT2D eigenvalue weighted by Crippen LogP contribution is 2.42. The quantitative estimate of drug-likeness (QED) is 0.923. The van der Waals surface area contributed by atoms with Crippen molar-refractivity contribution in [1.29, 1.82) is 0 Å². The molecule has 1 heterocycles. The lowest BCUT2D eigenvalue weighted by Crippen LogP contribution is -2.45. The topological polar surface area (TPSA) is 66.8 Å². The number of amides is 1. The van der Waals surface area contributed by atoms with E-state index in [0.29, 0.717) is 6.54 Å². The van der Waals surface area contributed by atoms with E-state index in [1.807, 2.05) is 0 Å². The second-order valence-electron chi connectivity index (χ2n) is 6.41. The van der Waals surface area contributed by atoms with Gasteiger partial charge in [0, 0.05) is 6.54 Å². The summed E-state index contributed by atoms with van der Waals surface area (Å²) in [6, 6.07) is 3.65. The van der Waals surface area contributed by atoms with E-state index >= 15 is 0 Å². The van der Waals surface area contributed by atoms with Crippen molar-refractivity contribution in [3.8, 4) is 5.75 Å². The van der Waals surface area contributed by atoms with Crippen LogP contribution in [0.15, 0.2) is 18.2 Å². The predicted molar refractivity (Wildman–Crippen MR) is 80.6 cm³/mol. The van der Waals surface area contributed by atoms with Gasteiger partial charge in [-0.05, 0) is 49.3 Å². The molecule has 1 aliphatic heterocycles. The van der Waals surface area contributed by atoms with Crippen LogP contribution in [0.25, 0.3) is 0 Å². The summed E-state index contributed by atoms with van der Waals surface area (Å²) < 4.78 is 18.9. The van der Waals surface area contributed by atoms with Crippen LogP contribution >= 0.6 is 0 Å². The van der Waals surface area contributed by atoms with E-state index in [1.54, 1.807) is 13.0 Å². The molecule has 1 saturated heterocycles. The smallest absolute Gasteiger partial charge is 0.326 e. The van der Waals surface area contributed by atoms with Crippen molar-refractivity contribution in [1.82, 2.24) is 4.90 Å². The first kappa shape index (κ1) is 15.8. The summed E-state index contributed by atoms with van der Waals surface area (Å²) in [7, 11) is 0. The number of carbonyl (C=O) groups excluding carboxylic acids is 1. The zero-order valence-corrected chi connectivity index (χ0v) is 13.0. The molecule has 3 atom stereocenters. The number of carbonyl (C=O) groups is 2. The van der Waals surface area contributed by atoms with Crippen LogP contribution in [-0.4, -0.2) is 41.1 Å². The van der Waals surface area contributed by atoms with Crippen molar-refractivity contribution >= 4 is 11.9 Å². The monoisotopic (exact) mass is 321 g/mol. The van der Waals surface area contributed by atoms with Crippen molar-refractivity contribution in [2.45, 2.75) is 32.2 Å². The normalized spacial score (nSPS) is 26.2. The Labute approximate surface area is 134 Å². The number of rotatable bonds is 4. The van der Waals surface area contributed by atoms with E-state index in [-0.39, 0.29) is 24.2 Å². The number of hydrogen-bond acceptors (Lipinski definition) is 3. The van der Waals surface area contributed by atoms with Crippen molar-refractivity contribution in [3.05, 3.63) is 29.6 Å². The fourth-order valence-corrected chi connectivity index (χ4v) is 3.82. The molecule has 1 aliphatic carbocycles. The summed E-state index contributed by atoms with van der Waals surface area (Å²) in [5.74, 6) is -1.58. The van der Waals surface area contributed by atoms with Gasteiger partial charge in [0.05, 0.1) is 0 Å². The van der Waals surface area contributed by atoms with Gasteiger partial charge in [0.1, 0.15) is 6.04 Å². The summed E-state index contributed by atoms with van der Waals surface area (Å²) in [4.78, 5) is 25.3. The van der Waals surface area contributed by atoms with Crippen LogP contribution in [-0.2, 0) is 9.59 Å². The van der Waals surface area contributed by atoms with Gasteiger partial charge in [0.15, 0.2) is 18.2 Å². The van der Waals surface area contributed by atoms with E-state index in [1.165, 1.54) is 17.0 Å². The standard InChI is InChI=1S/C17H20FNO4/c1-10-5-6-13(18)14(7-10)23-9-15(20)19-8-11-3-2-4-12(11)16(19)17(21)22/h5-7,11-12,16H,2-4,8-9H2,1H3,(H,21,22)/t11-,12-,16+/m0/s1. The number of carboxylic acids is 1. The average Bonchev–Trinajstić information content (AvgIpc) is 3.07. The van der Waals surface area contributed by atoms with Crippen molar-refractivity contribution in [2.24, 2.45) is 11.8 Å². The Bertz CT molecular complexity index is 633. The number of carboxylic acid groups (broad SMARTS) is 1. The number of aryl methyl sites for hydroxylation is 1. The molecule has 0 aromatic heterocycles. The summed E-state index contributed by atoms with van der Waals surface area (Å²) in [5.41, 5.74) is 0.827. The van der Waals surface area contributed by atoms with Gasteiger partial charge >= 0.3 is 5.97 Å². The lowest BCUT2D eigenvalue weighted by Gasteiger charge is -2.24. The van der Waals surface area contributed by atoms with Gasteiger partial charge in [-0.15, -0.1) is 0 Å². The summed E-state index contributed by atoms with van der Waals surface area (Å²) in [6.07, 6.45) is 2.83. The molecular weight excluding hydrogens is 301 g/mol.